The number of piperazine rings is 1. The van der Waals surface area contributed by atoms with Crippen LogP contribution in [0.2, 0.25) is 0 Å². The Kier molecular flexibility index (Phi) is 9.29. The van der Waals surface area contributed by atoms with Crippen LogP contribution in [-0.2, 0) is 20.7 Å². The molecule has 0 spiro atoms. The van der Waals surface area contributed by atoms with Crippen LogP contribution < -0.4 is 15.0 Å². The number of ether oxygens (including phenoxy) is 1. The highest BCUT2D eigenvalue weighted by Gasteiger charge is 2.71. The second kappa shape index (κ2) is 12.3. The first-order valence-electron chi connectivity index (χ1n) is 14.5. The van der Waals surface area contributed by atoms with Gasteiger partial charge in [0.05, 0.1) is 18.0 Å². The summed E-state index contributed by atoms with van der Waals surface area (Å²) in [5.74, 6) is -0.812. The molecule has 256 valence electrons. The van der Waals surface area contributed by atoms with Gasteiger partial charge < -0.3 is 30.4 Å². The molecule has 2 aliphatic rings. The topological polar surface area (TPSA) is 139 Å². The highest BCUT2D eigenvalue weighted by atomic mass is 19.4. The standard InChI is InChI=1S/C30H34F6N6O5/c1-16(2)47-21-7-9-23(38-12-21)27(5)25(44)42(26(45)39-27)15-24(43)41-14-17(3)40(13-18(41)4)22-8-6-20(10-19(22)11-37)28(46,29(31,32)33)30(34,35)36/h6-12,16-18,37,46H,13-15H2,1-5H3,(H,39,45)/t17-,18+,27?/m0/s1. The number of halogens is 6. The predicted molar refractivity (Wildman–Crippen MR) is 156 cm³/mol. The van der Waals surface area contributed by atoms with Gasteiger partial charge in [0, 0.05) is 48.2 Å². The number of nitrogens with zero attached hydrogens (tertiary/aromatic N) is 4. The molecule has 4 rings (SSSR count). The van der Waals surface area contributed by atoms with E-state index in [1.165, 1.54) is 24.1 Å². The zero-order valence-electron chi connectivity index (χ0n) is 26.0. The predicted octanol–water partition coefficient (Wildman–Crippen LogP) is 4.07. The van der Waals surface area contributed by atoms with Crippen LogP contribution in [0.25, 0.3) is 0 Å². The number of pyridine rings is 1. The highest BCUT2D eigenvalue weighted by Crippen LogP contribution is 2.50. The number of nitrogens with one attached hydrogen (secondary N) is 2. The number of carbonyl (C=O) groups excluding carboxylic acids is 3. The van der Waals surface area contributed by atoms with Crippen molar-refractivity contribution in [1.29, 1.82) is 5.41 Å². The van der Waals surface area contributed by atoms with E-state index in [0.717, 1.165) is 11.0 Å². The van der Waals surface area contributed by atoms with Gasteiger partial charge in [-0.2, -0.15) is 26.3 Å². The lowest BCUT2D eigenvalue weighted by Gasteiger charge is -2.46. The minimum atomic E-state index is -6.09. The van der Waals surface area contributed by atoms with E-state index in [4.69, 9.17) is 10.1 Å². The molecule has 1 aromatic carbocycles. The first-order chi connectivity index (χ1) is 21.6. The summed E-state index contributed by atoms with van der Waals surface area (Å²) >= 11 is 0. The van der Waals surface area contributed by atoms with E-state index >= 15 is 0 Å². The van der Waals surface area contributed by atoms with E-state index < -0.39 is 65.5 Å². The third-order valence-electron chi connectivity index (χ3n) is 8.23. The van der Waals surface area contributed by atoms with Crippen molar-refractivity contribution in [2.45, 2.75) is 76.3 Å². The molecule has 4 amide bonds. The summed E-state index contributed by atoms with van der Waals surface area (Å²) in [6.07, 6.45) is -10.3. The molecule has 2 aliphatic heterocycles. The molecule has 1 aromatic heterocycles. The van der Waals surface area contributed by atoms with Gasteiger partial charge in [-0.1, -0.05) is 6.07 Å². The van der Waals surface area contributed by atoms with Gasteiger partial charge in [-0.3, -0.25) is 19.5 Å². The molecule has 11 nitrogen and oxygen atoms in total. The van der Waals surface area contributed by atoms with Crippen LogP contribution in [0.3, 0.4) is 0 Å². The second-order valence-corrected chi connectivity index (χ2v) is 12.0. The van der Waals surface area contributed by atoms with Gasteiger partial charge in [0.25, 0.3) is 11.5 Å². The first kappa shape index (κ1) is 35.4. The largest absolute Gasteiger partial charge is 0.489 e. The summed E-state index contributed by atoms with van der Waals surface area (Å²) in [4.78, 5) is 47.8. The number of benzene rings is 1. The maximum atomic E-state index is 13.5. The lowest BCUT2D eigenvalue weighted by Crippen LogP contribution is -2.60. The lowest BCUT2D eigenvalue weighted by atomic mass is 9.90. The van der Waals surface area contributed by atoms with Crippen molar-refractivity contribution in [3.8, 4) is 5.75 Å². The average Bonchev–Trinajstić information content (AvgIpc) is 3.19. The van der Waals surface area contributed by atoms with E-state index in [2.05, 4.69) is 10.3 Å². The number of carbonyl (C=O) groups is 3. The molecule has 2 fully saturated rings. The molecule has 47 heavy (non-hydrogen) atoms. The van der Waals surface area contributed by atoms with Crippen molar-refractivity contribution in [1.82, 2.24) is 20.1 Å². The summed E-state index contributed by atoms with van der Waals surface area (Å²) in [6.45, 7) is 7.88. The van der Waals surface area contributed by atoms with Crippen LogP contribution in [0, 0.1) is 5.41 Å². The minimum absolute atomic E-state index is 0.00795. The van der Waals surface area contributed by atoms with Crippen molar-refractivity contribution < 1.29 is 50.6 Å². The van der Waals surface area contributed by atoms with Crippen molar-refractivity contribution >= 4 is 29.7 Å². The molecule has 0 saturated carbocycles. The quantitative estimate of drug-likeness (QED) is 0.218. The van der Waals surface area contributed by atoms with Gasteiger partial charge >= 0.3 is 18.4 Å². The minimum Gasteiger partial charge on any atom is -0.489 e. The maximum absolute atomic E-state index is 13.5. The molecule has 2 saturated heterocycles. The molecule has 0 bridgehead atoms. The van der Waals surface area contributed by atoms with Gasteiger partial charge in [-0.25, -0.2) is 4.79 Å². The van der Waals surface area contributed by atoms with Crippen LogP contribution in [-0.4, -0.2) is 94.1 Å². The summed E-state index contributed by atoms with van der Waals surface area (Å²) in [5, 5.41) is 20.1. The second-order valence-electron chi connectivity index (χ2n) is 12.0. The lowest BCUT2D eigenvalue weighted by molar-refractivity contribution is -0.376. The Balaban J connectivity index is 1.50. The van der Waals surface area contributed by atoms with Crippen LogP contribution in [0.15, 0.2) is 36.5 Å². The highest BCUT2D eigenvalue weighted by molar-refractivity contribution is 6.09. The molecule has 0 radical (unpaired) electrons. The molecule has 3 N–H and O–H groups in total. The summed E-state index contributed by atoms with van der Waals surface area (Å²) in [7, 11) is 0. The Morgan fingerprint density at radius 1 is 1.11 bits per heavy atom. The molecular formula is C30H34F6N6O5. The van der Waals surface area contributed by atoms with Crippen LogP contribution in [0.4, 0.5) is 36.8 Å². The smallest absolute Gasteiger partial charge is 0.430 e. The Bertz CT molecular complexity index is 1540. The molecule has 2 aromatic rings. The number of hydrogen-bond acceptors (Lipinski definition) is 8. The van der Waals surface area contributed by atoms with E-state index in [1.807, 2.05) is 13.8 Å². The SMILES string of the molecule is CC(C)Oc1ccc(C2(C)NC(=O)N(CC(=O)N3C[C@H](C)N(c4ccc(C(O)(C(F)(F)F)C(F)(F)F)cc4C=N)C[C@H]3C)C2=O)nc1. The van der Waals surface area contributed by atoms with Crippen LogP contribution in [0.1, 0.15) is 51.4 Å². The molecule has 1 unspecified atom stereocenters. The Morgan fingerprint density at radius 3 is 2.28 bits per heavy atom. The van der Waals surface area contributed by atoms with Crippen LogP contribution >= 0.6 is 0 Å². The third-order valence-corrected chi connectivity index (χ3v) is 8.23. The number of aromatic nitrogens is 1. The monoisotopic (exact) mass is 672 g/mol. The maximum Gasteiger partial charge on any atom is 0.430 e. The number of amides is 4. The van der Waals surface area contributed by atoms with E-state index in [0.29, 0.717) is 24.1 Å². The van der Waals surface area contributed by atoms with Crippen molar-refractivity contribution in [3.05, 3.63) is 53.3 Å². The molecule has 3 atom stereocenters. The zero-order valence-corrected chi connectivity index (χ0v) is 26.0. The summed E-state index contributed by atoms with van der Waals surface area (Å²) < 4.78 is 86.3. The number of rotatable bonds is 8. The fraction of sp³-hybridized carbons (Fsp3) is 0.500. The summed E-state index contributed by atoms with van der Waals surface area (Å²) in [6, 6.07) is 3.11. The average molecular weight is 673 g/mol. The first-order valence-corrected chi connectivity index (χ1v) is 14.5. The summed E-state index contributed by atoms with van der Waals surface area (Å²) in [5.41, 5.74) is -8.17. The van der Waals surface area contributed by atoms with Gasteiger partial charge in [0.15, 0.2) is 5.54 Å². The third kappa shape index (κ3) is 6.32. The fourth-order valence-electron chi connectivity index (χ4n) is 5.71. The molecule has 3 heterocycles. The Labute approximate surface area is 266 Å². The fourth-order valence-corrected chi connectivity index (χ4v) is 5.71. The number of hydrogen-bond donors (Lipinski definition) is 3. The Hall–Kier alpha value is -4.41. The molecular weight excluding hydrogens is 638 g/mol. The number of urea groups is 1. The number of alkyl halides is 6. The van der Waals surface area contributed by atoms with Crippen LogP contribution in [0.5, 0.6) is 5.75 Å². The van der Waals surface area contributed by atoms with Gasteiger partial charge in [0.1, 0.15) is 12.3 Å². The van der Waals surface area contributed by atoms with Crippen molar-refractivity contribution in [2.24, 2.45) is 0 Å². The normalized spacial score (nSPS) is 22.5. The zero-order chi connectivity index (χ0) is 35.3. The van der Waals surface area contributed by atoms with E-state index in [1.54, 1.807) is 24.8 Å². The molecule has 17 heteroatoms. The van der Waals surface area contributed by atoms with Gasteiger partial charge in [-0.15, -0.1) is 0 Å². The van der Waals surface area contributed by atoms with E-state index in [9.17, 15) is 45.8 Å². The van der Waals surface area contributed by atoms with Crippen molar-refractivity contribution in [3.63, 3.8) is 0 Å². The number of aliphatic hydroxyl groups is 1. The van der Waals surface area contributed by atoms with Gasteiger partial charge in [0.2, 0.25) is 5.91 Å². The Morgan fingerprint density at radius 2 is 1.74 bits per heavy atom. The van der Waals surface area contributed by atoms with Gasteiger partial charge in [-0.05, 0) is 58.9 Å². The number of imide groups is 1. The van der Waals surface area contributed by atoms with E-state index in [-0.39, 0.29) is 36.1 Å². The number of anilines is 1. The van der Waals surface area contributed by atoms with Crippen molar-refractivity contribution in [2.75, 3.05) is 24.5 Å². The molecule has 0 aliphatic carbocycles.